The molecule has 0 atom stereocenters. The van der Waals surface area contributed by atoms with Crippen LogP contribution in [0, 0.1) is 6.92 Å². The minimum atomic E-state index is 0.498. The number of hydrogen-bond acceptors (Lipinski definition) is 1. The number of allylic oxidation sites excluding steroid dienone is 2. The van der Waals surface area contributed by atoms with Gasteiger partial charge in [0, 0.05) is 12.4 Å². The molecule has 0 aliphatic rings. The van der Waals surface area contributed by atoms with Crippen LogP contribution in [0.5, 0.6) is 0 Å². The number of aromatic amines is 1. The van der Waals surface area contributed by atoms with Gasteiger partial charge in [0.05, 0.1) is 6.33 Å². The highest BCUT2D eigenvalue weighted by Crippen LogP contribution is 2.04. The number of imidazole rings is 1. The number of aromatic nitrogens is 2. The number of benzene rings is 2. The summed E-state index contributed by atoms with van der Waals surface area (Å²) >= 11 is 0. The van der Waals surface area contributed by atoms with Crippen LogP contribution in [0.1, 0.15) is 25.3 Å². The molecule has 3 rings (SSSR count). The molecule has 1 heterocycles. The highest BCUT2D eigenvalue weighted by molar-refractivity contribution is 6.85. The first-order valence-corrected chi connectivity index (χ1v) is 9.00. The van der Waals surface area contributed by atoms with Crippen LogP contribution in [0.4, 0.5) is 0 Å². The van der Waals surface area contributed by atoms with Gasteiger partial charge in [-0.05, 0) is 19.8 Å². The smallest absolute Gasteiger partial charge is 0.209 e. The van der Waals surface area contributed by atoms with Crippen LogP contribution in [0.2, 0.25) is 6.32 Å². The summed E-state index contributed by atoms with van der Waals surface area (Å²) in [7, 11) is 0. The molecule has 0 spiro atoms. The van der Waals surface area contributed by atoms with Crippen LogP contribution in [-0.2, 0) is 0 Å². The number of rotatable bonds is 6. The van der Waals surface area contributed by atoms with Crippen molar-refractivity contribution in [3.8, 4) is 0 Å². The van der Waals surface area contributed by atoms with E-state index in [0.29, 0.717) is 6.71 Å². The van der Waals surface area contributed by atoms with Gasteiger partial charge in [-0.15, -0.1) is 0 Å². The Morgan fingerprint density at radius 2 is 1.68 bits per heavy atom. The fourth-order valence-electron chi connectivity index (χ4n) is 2.77. The number of H-pyrrole nitrogens is 1. The van der Waals surface area contributed by atoms with E-state index < -0.39 is 0 Å². The molecule has 3 heteroatoms. The Kier molecular flexibility index (Phi) is 8.33. The lowest BCUT2D eigenvalue weighted by molar-refractivity contribution is 1.14. The van der Waals surface area contributed by atoms with E-state index in [1.54, 1.807) is 18.7 Å². The van der Waals surface area contributed by atoms with Crippen molar-refractivity contribution >= 4 is 17.6 Å². The van der Waals surface area contributed by atoms with E-state index in [1.807, 2.05) is 0 Å². The summed E-state index contributed by atoms with van der Waals surface area (Å²) in [5.74, 6) is 0. The Morgan fingerprint density at radius 1 is 0.960 bits per heavy atom. The van der Waals surface area contributed by atoms with Gasteiger partial charge in [-0.1, -0.05) is 96.5 Å². The molecule has 0 fully saturated rings. The third-order valence-electron chi connectivity index (χ3n) is 4.11. The normalized spacial score (nSPS) is 10.3. The van der Waals surface area contributed by atoms with Crippen molar-refractivity contribution in [1.82, 2.24) is 9.97 Å². The van der Waals surface area contributed by atoms with Gasteiger partial charge < -0.3 is 4.98 Å². The van der Waals surface area contributed by atoms with Crippen molar-refractivity contribution < 1.29 is 0 Å². The molecule has 0 aliphatic heterocycles. The second-order valence-electron chi connectivity index (χ2n) is 6.09. The number of nitrogens with zero attached hydrogens (tertiary/aromatic N) is 1. The summed E-state index contributed by atoms with van der Waals surface area (Å²) < 4.78 is 0. The Morgan fingerprint density at radius 3 is 2.24 bits per heavy atom. The zero-order chi connectivity index (χ0) is 17.7. The molecule has 3 aromatic rings. The minimum Gasteiger partial charge on any atom is -0.351 e. The molecule has 1 aromatic heterocycles. The first-order chi connectivity index (χ1) is 12.3. The van der Waals surface area contributed by atoms with E-state index in [1.165, 1.54) is 22.8 Å². The third-order valence-corrected chi connectivity index (χ3v) is 4.11. The van der Waals surface area contributed by atoms with Gasteiger partial charge >= 0.3 is 0 Å². The van der Waals surface area contributed by atoms with Gasteiger partial charge in [0.1, 0.15) is 0 Å². The van der Waals surface area contributed by atoms with Crippen molar-refractivity contribution in [3.05, 3.63) is 91.0 Å². The number of aryl methyl sites for hydroxylation is 1. The quantitative estimate of drug-likeness (QED) is 0.528. The van der Waals surface area contributed by atoms with Crippen molar-refractivity contribution in [2.75, 3.05) is 0 Å². The molecule has 2 aromatic carbocycles. The zero-order valence-electron chi connectivity index (χ0n) is 15.2. The molecular formula is C22H27BN2. The second-order valence-corrected chi connectivity index (χ2v) is 6.09. The highest BCUT2D eigenvalue weighted by atomic mass is 14.8. The molecule has 128 valence electrons. The van der Waals surface area contributed by atoms with Crippen LogP contribution in [0.25, 0.3) is 0 Å². The van der Waals surface area contributed by atoms with E-state index >= 15 is 0 Å². The molecule has 0 saturated heterocycles. The largest absolute Gasteiger partial charge is 0.351 e. The van der Waals surface area contributed by atoms with Crippen LogP contribution in [0.15, 0.2) is 85.5 Å². The van der Waals surface area contributed by atoms with Gasteiger partial charge in [-0.3, -0.25) is 0 Å². The van der Waals surface area contributed by atoms with E-state index in [2.05, 4.69) is 90.6 Å². The van der Waals surface area contributed by atoms with E-state index in [0.717, 1.165) is 12.8 Å². The van der Waals surface area contributed by atoms with E-state index in [4.69, 9.17) is 0 Å². The average Bonchev–Trinajstić information content (AvgIpc) is 3.24. The van der Waals surface area contributed by atoms with E-state index in [-0.39, 0.29) is 0 Å². The van der Waals surface area contributed by atoms with Gasteiger partial charge in [0.2, 0.25) is 6.71 Å². The Labute approximate surface area is 152 Å². The molecule has 0 saturated carbocycles. The van der Waals surface area contributed by atoms with Gasteiger partial charge in [0.25, 0.3) is 0 Å². The third kappa shape index (κ3) is 6.84. The lowest BCUT2D eigenvalue weighted by Gasteiger charge is -2.14. The van der Waals surface area contributed by atoms with Crippen molar-refractivity contribution in [2.24, 2.45) is 0 Å². The maximum atomic E-state index is 3.67. The lowest BCUT2D eigenvalue weighted by atomic mass is 9.38. The minimum absolute atomic E-state index is 0.498. The summed E-state index contributed by atoms with van der Waals surface area (Å²) in [6.45, 7) is 4.83. The standard InChI is InChI=1S/C19H23B.C3H4N2/c1-3-4-5-9-16-20(18-10-7-6-8-11-18)19-14-12-17(2)13-15-19;1-2-5-3-4-1/h4-8,10-15H,3,9,16H2,1-2H3;1-3H,(H,4,5). The van der Waals surface area contributed by atoms with Crippen LogP contribution >= 0.6 is 0 Å². The second kappa shape index (κ2) is 11.1. The molecule has 0 unspecified atom stereocenters. The van der Waals surface area contributed by atoms with E-state index in [9.17, 15) is 0 Å². The molecule has 0 aliphatic carbocycles. The van der Waals surface area contributed by atoms with Gasteiger partial charge in [0.15, 0.2) is 0 Å². The number of hydrogen-bond donors (Lipinski definition) is 1. The Balaban J connectivity index is 0.000000386. The maximum absolute atomic E-state index is 3.67. The predicted molar refractivity (Wildman–Crippen MR) is 110 cm³/mol. The molecule has 1 N–H and O–H groups in total. The predicted octanol–water partition coefficient (Wildman–Crippen LogP) is 4.37. The first kappa shape index (κ1) is 18.8. The lowest BCUT2D eigenvalue weighted by Crippen LogP contribution is -2.41. The first-order valence-electron chi connectivity index (χ1n) is 9.00. The summed E-state index contributed by atoms with van der Waals surface area (Å²) in [5, 5.41) is 0. The van der Waals surface area contributed by atoms with Crippen LogP contribution < -0.4 is 10.9 Å². The summed E-state index contributed by atoms with van der Waals surface area (Å²) in [6, 6.07) is 19.8. The Hall–Kier alpha value is -2.55. The zero-order valence-corrected chi connectivity index (χ0v) is 15.2. The maximum Gasteiger partial charge on any atom is 0.209 e. The molecule has 25 heavy (non-hydrogen) atoms. The summed E-state index contributed by atoms with van der Waals surface area (Å²) in [6.07, 6.45) is 13.1. The fourth-order valence-corrected chi connectivity index (χ4v) is 2.77. The Bertz CT molecular complexity index is 686. The summed E-state index contributed by atoms with van der Waals surface area (Å²) in [5.41, 5.74) is 4.17. The molecule has 0 bridgehead atoms. The summed E-state index contributed by atoms with van der Waals surface area (Å²) in [4.78, 5) is 6.42. The highest BCUT2D eigenvalue weighted by Gasteiger charge is 2.17. The van der Waals surface area contributed by atoms with Crippen molar-refractivity contribution in [1.29, 1.82) is 0 Å². The monoisotopic (exact) mass is 330 g/mol. The molecule has 0 radical (unpaired) electrons. The van der Waals surface area contributed by atoms with Crippen LogP contribution in [0.3, 0.4) is 0 Å². The fraction of sp³-hybridized carbons (Fsp3) is 0.227. The topological polar surface area (TPSA) is 28.7 Å². The molecule has 2 nitrogen and oxygen atoms in total. The SMILES string of the molecule is CCC=CCCB(c1ccccc1)c1ccc(C)cc1.c1c[nH]cn1. The van der Waals surface area contributed by atoms with Crippen molar-refractivity contribution in [2.45, 2.75) is 33.0 Å². The van der Waals surface area contributed by atoms with Crippen molar-refractivity contribution in [3.63, 3.8) is 0 Å². The molecule has 0 amide bonds. The average molecular weight is 330 g/mol. The van der Waals surface area contributed by atoms with Gasteiger partial charge in [-0.2, -0.15) is 0 Å². The van der Waals surface area contributed by atoms with Crippen LogP contribution in [-0.4, -0.2) is 16.7 Å². The number of nitrogens with one attached hydrogen (secondary N) is 1. The van der Waals surface area contributed by atoms with Gasteiger partial charge in [-0.25, -0.2) is 4.98 Å². The molecular weight excluding hydrogens is 303 g/mol.